The Morgan fingerprint density at radius 3 is 2.67 bits per heavy atom. The van der Waals surface area contributed by atoms with E-state index in [4.69, 9.17) is 16.3 Å². The van der Waals surface area contributed by atoms with Gasteiger partial charge in [-0.15, -0.1) is 0 Å². The molecular weight excluding hydrogens is 250 g/mol. The number of aliphatic hydroxyl groups excluding tert-OH is 1. The highest BCUT2D eigenvalue weighted by atomic mass is 35.5. The molecule has 0 saturated heterocycles. The van der Waals surface area contributed by atoms with Crippen molar-refractivity contribution in [3.63, 3.8) is 0 Å². The van der Waals surface area contributed by atoms with Gasteiger partial charge in [-0.1, -0.05) is 25.4 Å². The van der Waals surface area contributed by atoms with Gasteiger partial charge in [0.05, 0.1) is 0 Å². The van der Waals surface area contributed by atoms with Gasteiger partial charge in [0.15, 0.2) is 0 Å². The Kier molecular flexibility index (Phi) is 6.47. The van der Waals surface area contributed by atoms with Crippen molar-refractivity contribution in [2.24, 2.45) is 5.92 Å². The third kappa shape index (κ3) is 5.71. The molecule has 1 aromatic carbocycles. The molecule has 3 nitrogen and oxygen atoms in total. The summed E-state index contributed by atoms with van der Waals surface area (Å²) in [6, 6.07) is 5.48. The average Bonchev–Trinajstić information content (AvgIpc) is 2.30. The molecule has 0 aliphatic heterocycles. The summed E-state index contributed by atoms with van der Waals surface area (Å²) in [4.78, 5) is 0. The highest BCUT2D eigenvalue weighted by Gasteiger charge is 2.06. The Morgan fingerprint density at radius 2 is 2.06 bits per heavy atom. The second-order valence-electron chi connectivity index (χ2n) is 4.93. The smallest absolute Gasteiger partial charge is 0.119 e. The van der Waals surface area contributed by atoms with Crippen LogP contribution in [0.1, 0.15) is 19.4 Å². The van der Waals surface area contributed by atoms with Crippen LogP contribution in [0, 0.1) is 12.8 Å². The van der Waals surface area contributed by atoms with Gasteiger partial charge in [-0.3, -0.25) is 0 Å². The van der Waals surface area contributed by atoms with E-state index in [-0.39, 0.29) is 6.61 Å². The van der Waals surface area contributed by atoms with Gasteiger partial charge in [-0.2, -0.15) is 0 Å². The fraction of sp³-hybridized carbons (Fsp3) is 0.571. The number of rotatable bonds is 7. The van der Waals surface area contributed by atoms with Crippen molar-refractivity contribution >= 4 is 11.6 Å². The third-order valence-corrected chi connectivity index (χ3v) is 2.93. The van der Waals surface area contributed by atoms with E-state index in [0.29, 0.717) is 12.5 Å². The van der Waals surface area contributed by atoms with Gasteiger partial charge in [0.1, 0.15) is 18.5 Å². The molecule has 0 aliphatic rings. The Morgan fingerprint density at radius 1 is 1.33 bits per heavy atom. The zero-order valence-electron chi connectivity index (χ0n) is 11.2. The molecule has 18 heavy (non-hydrogen) atoms. The lowest BCUT2D eigenvalue weighted by atomic mass is 10.2. The van der Waals surface area contributed by atoms with Crippen LogP contribution in [0.15, 0.2) is 18.2 Å². The SMILES string of the molecule is Cc1cc(OC[C@@H](O)CNCC(C)C)ccc1Cl. The summed E-state index contributed by atoms with van der Waals surface area (Å²) in [6.07, 6.45) is -0.500. The van der Waals surface area contributed by atoms with Crippen LogP contribution in [0.3, 0.4) is 0 Å². The predicted molar refractivity (Wildman–Crippen MR) is 75.4 cm³/mol. The van der Waals surface area contributed by atoms with E-state index in [1.54, 1.807) is 6.07 Å². The topological polar surface area (TPSA) is 41.5 Å². The van der Waals surface area contributed by atoms with E-state index >= 15 is 0 Å². The summed E-state index contributed by atoms with van der Waals surface area (Å²) in [6.45, 7) is 7.92. The van der Waals surface area contributed by atoms with E-state index in [0.717, 1.165) is 22.9 Å². The number of halogens is 1. The van der Waals surface area contributed by atoms with Crippen LogP contribution in [0.2, 0.25) is 5.02 Å². The largest absolute Gasteiger partial charge is 0.491 e. The zero-order chi connectivity index (χ0) is 13.5. The quantitative estimate of drug-likeness (QED) is 0.801. The Hall–Kier alpha value is -0.770. The van der Waals surface area contributed by atoms with Gasteiger partial charge in [0.25, 0.3) is 0 Å². The molecule has 0 aromatic heterocycles. The lowest BCUT2D eigenvalue weighted by molar-refractivity contribution is 0.106. The van der Waals surface area contributed by atoms with Crippen LogP contribution in [0.25, 0.3) is 0 Å². The molecule has 0 radical (unpaired) electrons. The van der Waals surface area contributed by atoms with Crippen molar-refractivity contribution in [2.45, 2.75) is 26.9 Å². The summed E-state index contributed by atoms with van der Waals surface area (Å²) in [5, 5.41) is 13.6. The molecule has 0 spiro atoms. The number of aliphatic hydroxyl groups is 1. The van der Waals surface area contributed by atoms with Crippen molar-refractivity contribution in [1.82, 2.24) is 5.32 Å². The van der Waals surface area contributed by atoms with Gasteiger partial charge in [0, 0.05) is 11.6 Å². The van der Waals surface area contributed by atoms with Crippen LogP contribution >= 0.6 is 11.6 Å². The normalized spacial score (nSPS) is 12.8. The first kappa shape index (κ1) is 15.3. The molecule has 0 unspecified atom stereocenters. The predicted octanol–water partition coefficient (Wildman–Crippen LogP) is 2.63. The maximum Gasteiger partial charge on any atom is 0.119 e. The van der Waals surface area contributed by atoms with Crippen molar-refractivity contribution in [1.29, 1.82) is 0 Å². The molecule has 0 bridgehead atoms. The summed E-state index contributed by atoms with van der Waals surface area (Å²) < 4.78 is 5.51. The molecule has 0 amide bonds. The van der Waals surface area contributed by atoms with E-state index in [1.165, 1.54) is 0 Å². The first-order valence-electron chi connectivity index (χ1n) is 6.26. The molecule has 2 N–H and O–H groups in total. The lowest BCUT2D eigenvalue weighted by Gasteiger charge is -2.14. The van der Waals surface area contributed by atoms with Crippen LogP contribution in [-0.4, -0.2) is 30.9 Å². The first-order chi connectivity index (χ1) is 8.49. The van der Waals surface area contributed by atoms with Crippen molar-refractivity contribution in [3.05, 3.63) is 28.8 Å². The first-order valence-corrected chi connectivity index (χ1v) is 6.64. The summed E-state index contributed by atoms with van der Waals surface area (Å²) >= 11 is 5.93. The van der Waals surface area contributed by atoms with Gasteiger partial charge in [0.2, 0.25) is 0 Å². The molecule has 1 rings (SSSR count). The van der Waals surface area contributed by atoms with Crippen molar-refractivity contribution < 1.29 is 9.84 Å². The molecule has 1 aromatic rings. The van der Waals surface area contributed by atoms with Crippen LogP contribution in [-0.2, 0) is 0 Å². The Bertz CT molecular complexity index is 369. The number of nitrogens with one attached hydrogen (secondary N) is 1. The molecule has 0 saturated carbocycles. The maximum absolute atomic E-state index is 9.73. The van der Waals surface area contributed by atoms with Gasteiger partial charge >= 0.3 is 0 Å². The fourth-order valence-corrected chi connectivity index (χ4v) is 1.61. The summed E-state index contributed by atoms with van der Waals surface area (Å²) in [5.74, 6) is 1.32. The maximum atomic E-state index is 9.73. The zero-order valence-corrected chi connectivity index (χ0v) is 12.0. The molecule has 1 atom stereocenters. The molecule has 102 valence electrons. The van der Waals surface area contributed by atoms with E-state index in [2.05, 4.69) is 19.2 Å². The standard InChI is InChI=1S/C14H22ClNO2/c1-10(2)7-16-8-12(17)9-18-13-4-5-14(15)11(3)6-13/h4-6,10,12,16-17H,7-9H2,1-3H3/t12-/m0/s1. The average molecular weight is 272 g/mol. The minimum Gasteiger partial charge on any atom is -0.491 e. The summed E-state index contributed by atoms with van der Waals surface area (Å²) in [5.41, 5.74) is 0.974. The Labute approximate surface area is 114 Å². The number of aryl methyl sites for hydroxylation is 1. The molecule has 0 aliphatic carbocycles. The van der Waals surface area contributed by atoms with E-state index in [9.17, 15) is 5.11 Å². The molecular formula is C14H22ClNO2. The fourth-order valence-electron chi connectivity index (χ4n) is 1.50. The lowest BCUT2D eigenvalue weighted by Crippen LogP contribution is -2.33. The second-order valence-corrected chi connectivity index (χ2v) is 5.34. The minimum absolute atomic E-state index is 0.284. The van der Waals surface area contributed by atoms with Gasteiger partial charge < -0.3 is 15.2 Å². The van der Waals surface area contributed by atoms with E-state index < -0.39 is 6.10 Å². The van der Waals surface area contributed by atoms with Crippen LogP contribution in [0.4, 0.5) is 0 Å². The Balaban J connectivity index is 2.29. The van der Waals surface area contributed by atoms with Crippen LogP contribution in [0.5, 0.6) is 5.75 Å². The monoisotopic (exact) mass is 271 g/mol. The number of hydrogen-bond donors (Lipinski definition) is 2. The van der Waals surface area contributed by atoms with Gasteiger partial charge in [-0.25, -0.2) is 0 Å². The van der Waals surface area contributed by atoms with Crippen molar-refractivity contribution in [3.8, 4) is 5.75 Å². The highest BCUT2D eigenvalue weighted by molar-refractivity contribution is 6.31. The van der Waals surface area contributed by atoms with Gasteiger partial charge in [-0.05, 0) is 43.1 Å². The molecule has 4 heteroatoms. The van der Waals surface area contributed by atoms with Crippen LogP contribution < -0.4 is 10.1 Å². The minimum atomic E-state index is -0.500. The second kappa shape index (κ2) is 7.62. The van der Waals surface area contributed by atoms with Crippen molar-refractivity contribution in [2.75, 3.05) is 19.7 Å². The third-order valence-electron chi connectivity index (χ3n) is 2.50. The highest BCUT2D eigenvalue weighted by Crippen LogP contribution is 2.20. The number of hydrogen-bond acceptors (Lipinski definition) is 3. The number of ether oxygens (including phenoxy) is 1. The molecule has 0 fully saturated rings. The van der Waals surface area contributed by atoms with E-state index in [1.807, 2.05) is 19.1 Å². The summed E-state index contributed by atoms with van der Waals surface area (Å²) in [7, 11) is 0. The molecule has 0 heterocycles. The number of benzene rings is 1.